The molecule has 0 saturated carbocycles. The molecule has 128 valence electrons. The largest absolute Gasteiger partial charge is 0.501 e. The highest BCUT2D eigenvalue weighted by Crippen LogP contribution is 2.37. The first-order chi connectivity index (χ1) is 10.7. The summed E-state index contributed by atoms with van der Waals surface area (Å²) < 4.78 is 62.1. The van der Waals surface area contributed by atoms with E-state index in [9.17, 15) is 26.4 Å². The number of rotatable bonds is 3. The van der Waals surface area contributed by atoms with Gasteiger partial charge >= 0.3 is 5.51 Å². The molecule has 23 heavy (non-hydrogen) atoms. The van der Waals surface area contributed by atoms with Gasteiger partial charge in [0, 0.05) is 20.1 Å². The number of nitrogens with one attached hydrogen (secondary N) is 1. The van der Waals surface area contributed by atoms with Crippen molar-refractivity contribution in [3.05, 3.63) is 24.3 Å². The van der Waals surface area contributed by atoms with Crippen LogP contribution in [0.1, 0.15) is 12.8 Å². The van der Waals surface area contributed by atoms with Crippen LogP contribution in [0.25, 0.3) is 0 Å². The minimum Gasteiger partial charge on any atom is -0.370 e. The molecule has 1 heterocycles. The fraction of sp³-hybridized carbons (Fsp3) is 0.500. The van der Waals surface area contributed by atoms with Gasteiger partial charge in [-0.15, -0.1) is 0 Å². The number of para-hydroxylation sites is 1. The third-order valence-corrected chi connectivity index (χ3v) is 5.37. The van der Waals surface area contributed by atoms with E-state index in [0.717, 1.165) is 6.07 Å². The standard InChI is InChI=1S/C14H17F3N2O3S/c1-18-13(20)10-5-4-8-19(9-10)11-6-2-3-7-12(11)23(21,22)14(15,16)17/h2-3,6-7,10H,4-5,8-9H2,1H3,(H,18,20). The molecule has 0 aliphatic carbocycles. The van der Waals surface area contributed by atoms with Gasteiger partial charge in [0.1, 0.15) is 0 Å². The van der Waals surface area contributed by atoms with Crippen molar-refractivity contribution in [2.24, 2.45) is 5.92 Å². The number of carbonyl (C=O) groups is 1. The van der Waals surface area contributed by atoms with Crippen LogP contribution in [-0.2, 0) is 14.6 Å². The van der Waals surface area contributed by atoms with Crippen LogP contribution in [-0.4, -0.2) is 40.0 Å². The molecule has 5 nitrogen and oxygen atoms in total. The number of halogens is 3. The maximum absolute atomic E-state index is 12.9. The van der Waals surface area contributed by atoms with Crippen LogP contribution in [0.3, 0.4) is 0 Å². The van der Waals surface area contributed by atoms with Crippen molar-refractivity contribution in [1.29, 1.82) is 0 Å². The number of nitrogens with zero attached hydrogens (tertiary/aromatic N) is 1. The van der Waals surface area contributed by atoms with Crippen LogP contribution in [0.15, 0.2) is 29.2 Å². The zero-order chi connectivity index (χ0) is 17.3. The molecule has 0 aromatic heterocycles. The molecule has 1 unspecified atom stereocenters. The van der Waals surface area contributed by atoms with E-state index in [-0.39, 0.29) is 24.1 Å². The number of benzene rings is 1. The molecule has 1 aromatic rings. The zero-order valence-electron chi connectivity index (χ0n) is 12.4. The van der Waals surface area contributed by atoms with Gasteiger partial charge in [0.25, 0.3) is 9.84 Å². The first-order valence-corrected chi connectivity index (χ1v) is 8.53. The third-order valence-electron chi connectivity index (χ3n) is 3.84. The average molecular weight is 350 g/mol. The second-order valence-electron chi connectivity index (χ2n) is 5.32. The Morgan fingerprint density at radius 2 is 1.96 bits per heavy atom. The molecule has 1 aliphatic heterocycles. The van der Waals surface area contributed by atoms with E-state index >= 15 is 0 Å². The highest BCUT2D eigenvalue weighted by atomic mass is 32.2. The van der Waals surface area contributed by atoms with E-state index in [4.69, 9.17) is 0 Å². The van der Waals surface area contributed by atoms with Crippen molar-refractivity contribution in [1.82, 2.24) is 5.32 Å². The van der Waals surface area contributed by atoms with Crippen LogP contribution in [0.2, 0.25) is 0 Å². The lowest BCUT2D eigenvalue weighted by Gasteiger charge is -2.34. The van der Waals surface area contributed by atoms with Crippen molar-refractivity contribution in [3.8, 4) is 0 Å². The van der Waals surface area contributed by atoms with Crippen molar-refractivity contribution >= 4 is 21.4 Å². The Morgan fingerprint density at radius 1 is 1.30 bits per heavy atom. The van der Waals surface area contributed by atoms with E-state index in [1.807, 2.05) is 0 Å². The Hall–Kier alpha value is -1.77. The molecule has 1 amide bonds. The predicted molar refractivity (Wildman–Crippen MR) is 78.7 cm³/mol. The number of amides is 1. The maximum atomic E-state index is 12.9. The lowest BCUT2D eigenvalue weighted by Crippen LogP contribution is -2.42. The summed E-state index contributed by atoms with van der Waals surface area (Å²) >= 11 is 0. The van der Waals surface area contributed by atoms with Crippen molar-refractivity contribution < 1.29 is 26.4 Å². The van der Waals surface area contributed by atoms with Gasteiger partial charge in [-0.1, -0.05) is 12.1 Å². The number of sulfone groups is 1. The molecule has 1 fully saturated rings. The van der Waals surface area contributed by atoms with Crippen LogP contribution in [0, 0.1) is 5.92 Å². The summed E-state index contributed by atoms with van der Waals surface area (Å²) in [5, 5.41) is 2.51. The lowest BCUT2D eigenvalue weighted by atomic mass is 9.97. The molecular formula is C14H17F3N2O3S. The molecule has 1 saturated heterocycles. The van der Waals surface area contributed by atoms with E-state index in [0.29, 0.717) is 19.4 Å². The predicted octanol–water partition coefficient (Wildman–Crippen LogP) is 1.94. The fourth-order valence-electron chi connectivity index (χ4n) is 2.68. The molecule has 1 aliphatic rings. The second-order valence-corrected chi connectivity index (χ2v) is 7.23. The number of hydrogen-bond donors (Lipinski definition) is 1. The number of anilines is 1. The van der Waals surface area contributed by atoms with Crippen molar-refractivity contribution in [2.45, 2.75) is 23.2 Å². The normalized spacial score (nSPS) is 19.5. The third kappa shape index (κ3) is 3.44. The van der Waals surface area contributed by atoms with Crippen LogP contribution < -0.4 is 10.2 Å². The molecule has 1 atom stereocenters. The Bertz CT molecular complexity index is 689. The van der Waals surface area contributed by atoms with Gasteiger partial charge in [-0.3, -0.25) is 4.79 Å². The number of piperidine rings is 1. The van der Waals surface area contributed by atoms with E-state index in [1.165, 1.54) is 30.1 Å². The summed E-state index contributed by atoms with van der Waals surface area (Å²) in [5.74, 6) is -0.582. The van der Waals surface area contributed by atoms with Gasteiger partial charge in [0.2, 0.25) is 5.91 Å². The minimum atomic E-state index is -5.44. The Kier molecular flexibility index (Phi) is 4.88. The topological polar surface area (TPSA) is 66.5 Å². The second kappa shape index (κ2) is 6.38. The van der Waals surface area contributed by atoms with Gasteiger partial charge < -0.3 is 10.2 Å². The number of carbonyl (C=O) groups excluding carboxylic acids is 1. The summed E-state index contributed by atoms with van der Waals surface area (Å²) in [4.78, 5) is 12.5. The van der Waals surface area contributed by atoms with Crippen molar-refractivity contribution in [3.63, 3.8) is 0 Å². The first kappa shape index (κ1) is 17.6. The molecule has 0 radical (unpaired) electrons. The maximum Gasteiger partial charge on any atom is 0.501 e. The molecule has 0 bridgehead atoms. The number of hydrogen-bond acceptors (Lipinski definition) is 4. The Balaban J connectivity index is 2.40. The summed E-state index contributed by atoms with van der Waals surface area (Å²) in [6.07, 6.45) is 1.21. The SMILES string of the molecule is CNC(=O)C1CCCN(c2ccccc2S(=O)(=O)C(F)(F)F)C1. The minimum absolute atomic E-state index is 0.0153. The first-order valence-electron chi connectivity index (χ1n) is 7.05. The lowest BCUT2D eigenvalue weighted by molar-refractivity contribution is -0.124. The average Bonchev–Trinajstić information content (AvgIpc) is 2.53. The summed E-state index contributed by atoms with van der Waals surface area (Å²) in [6.45, 7) is 0.585. The summed E-state index contributed by atoms with van der Waals surface area (Å²) in [5.41, 5.74) is -5.38. The zero-order valence-corrected chi connectivity index (χ0v) is 13.2. The highest BCUT2D eigenvalue weighted by Gasteiger charge is 2.48. The van der Waals surface area contributed by atoms with E-state index in [2.05, 4.69) is 5.32 Å². The van der Waals surface area contributed by atoms with E-state index in [1.54, 1.807) is 0 Å². The quantitative estimate of drug-likeness (QED) is 0.905. The van der Waals surface area contributed by atoms with Gasteiger partial charge in [0.15, 0.2) is 0 Å². The smallest absolute Gasteiger partial charge is 0.370 e. The van der Waals surface area contributed by atoms with Gasteiger partial charge in [0.05, 0.1) is 16.5 Å². The van der Waals surface area contributed by atoms with Crippen LogP contribution in [0.4, 0.5) is 18.9 Å². The van der Waals surface area contributed by atoms with Crippen molar-refractivity contribution in [2.75, 3.05) is 25.0 Å². The monoisotopic (exact) mass is 350 g/mol. The van der Waals surface area contributed by atoms with Crippen LogP contribution >= 0.6 is 0 Å². The Morgan fingerprint density at radius 3 is 2.57 bits per heavy atom. The molecule has 1 aromatic carbocycles. The number of alkyl halides is 3. The van der Waals surface area contributed by atoms with E-state index < -0.39 is 20.2 Å². The molecular weight excluding hydrogens is 333 g/mol. The Labute approximate surface area is 132 Å². The molecule has 2 rings (SSSR count). The van der Waals surface area contributed by atoms with Gasteiger partial charge in [-0.05, 0) is 25.0 Å². The van der Waals surface area contributed by atoms with Gasteiger partial charge in [-0.25, -0.2) is 8.42 Å². The van der Waals surface area contributed by atoms with Gasteiger partial charge in [-0.2, -0.15) is 13.2 Å². The molecule has 1 N–H and O–H groups in total. The molecule has 0 spiro atoms. The highest BCUT2D eigenvalue weighted by molar-refractivity contribution is 7.92. The summed E-state index contributed by atoms with van der Waals surface area (Å²) in [6, 6.07) is 5.02. The fourth-order valence-corrected chi connectivity index (χ4v) is 3.66. The molecule has 9 heteroatoms. The van der Waals surface area contributed by atoms with Crippen LogP contribution in [0.5, 0.6) is 0 Å². The summed E-state index contributed by atoms with van der Waals surface area (Å²) in [7, 11) is -3.95.